The molecular weight excluding hydrogens is 464 g/mol. The molecule has 35 heavy (non-hydrogen) atoms. The Labute approximate surface area is 203 Å². The molecule has 9 heteroatoms. The van der Waals surface area contributed by atoms with Crippen LogP contribution in [0, 0.1) is 13.5 Å². The summed E-state index contributed by atoms with van der Waals surface area (Å²) in [6.07, 6.45) is 0.0247. The lowest BCUT2D eigenvalue weighted by Gasteiger charge is -2.14. The van der Waals surface area contributed by atoms with E-state index in [0.29, 0.717) is 33.9 Å². The average molecular weight is 487 g/mol. The predicted octanol–water partition coefficient (Wildman–Crippen LogP) is 4.47. The number of aromatic nitrogens is 2. The van der Waals surface area contributed by atoms with Gasteiger partial charge in [-0.2, -0.15) is 5.10 Å². The Balaban J connectivity index is 1.61. The van der Waals surface area contributed by atoms with Crippen LogP contribution >= 0.6 is 0 Å². The van der Waals surface area contributed by atoms with E-state index in [1.165, 1.54) is 16.8 Å². The van der Waals surface area contributed by atoms with Crippen molar-refractivity contribution in [1.82, 2.24) is 9.78 Å². The van der Waals surface area contributed by atoms with E-state index in [-0.39, 0.29) is 10.6 Å². The largest absolute Gasteiger partial charge is 0.384 e. The van der Waals surface area contributed by atoms with E-state index in [4.69, 9.17) is 6.57 Å². The van der Waals surface area contributed by atoms with Gasteiger partial charge in [-0.1, -0.05) is 36.4 Å². The Kier molecular flexibility index (Phi) is 6.51. The van der Waals surface area contributed by atoms with E-state index in [1.54, 1.807) is 73.7 Å². The molecule has 0 aliphatic heterocycles. The Morgan fingerprint density at radius 3 is 2.43 bits per heavy atom. The fourth-order valence-corrected chi connectivity index (χ4v) is 4.32. The van der Waals surface area contributed by atoms with Gasteiger partial charge in [-0.25, -0.2) is 17.9 Å². The summed E-state index contributed by atoms with van der Waals surface area (Å²) in [4.78, 5) is 16.7. The fraction of sp³-hybridized carbons (Fsp3) is 0.115. The van der Waals surface area contributed by atoms with Crippen LogP contribution in [0.4, 0.5) is 11.4 Å². The van der Waals surface area contributed by atoms with Gasteiger partial charge in [0.05, 0.1) is 22.8 Å². The van der Waals surface area contributed by atoms with Crippen molar-refractivity contribution in [3.05, 3.63) is 113 Å². The first kappa shape index (κ1) is 23.9. The normalized spacial score (nSPS) is 12.1. The number of nitrogens with one attached hydrogen (secondary N) is 1. The molecule has 0 saturated carbocycles. The fourth-order valence-electron chi connectivity index (χ4n) is 3.64. The van der Waals surface area contributed by atoms with E-state index < -0.39 is 21.8 Å². The lowest BCUT2D eigenvalue weighted by atomic mass is 10.0. The molecule has 4 aromatic rings. The van der Waals surface area contributed by atoms with Gasteiger partial charge in [-0.05, 0) is 60.5 Å². The standard InChI is InChI=1S/C26H22N4O4S/c1-17-13-24(30(29-17)22-11-6-9-20(16-22)27-2)26(32)28-21-10-4-7-18(14-21)25(31)19-8-5-12-23(15-19)35(3,33)34/h4-16,25,31H,1,3H3,(H,28,32). The maximum atomic E-state index is 13.1. The predicted molar refractivity (Wildman–Crippen MR) is 133 cm³/mol. The molecule has 1 amide bonds. The molecule has 8 nitrogen and oxygen atoms in total. The molecule has 1 aromatic heterocycles. The van der Waals surface area contributed by atoms with Crippen molar-refractivity contribution in [3.63, 3.8) is 0 Å². The Morgan fingerprint density at radius 1 is 1.03 bits per heavy atom. The minimum absolute atomic E-state index is 0.115. The number of hydrogen-bond acceptors (Lipinski definition) is 5. The first-order valence-electron chi connectivity index (χ1n) is 10.6. The Hall–Kier alpha value is -4.26. The summed E-state index contributed by atoms with van der Waals surface area (Å²) >= 11 is 0. The molecule has 0 spiro atoms. The molecule has 1 heterocycles. The van der Waals surface area contributed by atoms with E-state index in [9.17, 15) is 18.3 Å². The van der Waals surface area contributed by atoms with Crippen LogP contribution in [0.5, 0.6) is 0 Å². The number of aliphatic hydroxyl groups excluding tert-OH is 1. The van der Waals surface area contributed by atoms with Crippen molar-refractivity contribution in [1.29, 1.82) is 0 Å². The number of rotatable bonds is 6. The van der Waals surface area contributed by atoms with Gasteiger partial charge >= 0.3 is 0 Å². The maximum absolute atomic E-state index is 13.1. The average Bonchev–Trinajstić information content (AvgIpc) is 3.25. The van der Waals surface area contributed by atoms with E-state index in [1.807, 2.05) is 0 Å². The highest BCUT2D eigenvalue weighted by Gasteiger charge is 2.18. The van der Waals surface area contributed by atoms with Gasteiger partial charge in [0.25, 0.3) is 5.91 Å². The van der Waals surface area contributed by atoms with Crippen molar-refractivity contribution in [2.45, 2.75) is 17.9 Å². The summed E-state index contributed by atoms with van der Waals surface area (Å²) in [6, 6.07) is 21.3. The van der Waals surface area contributed by atoms with Crippen LogP contribution in [0.2, 0.25) is 0 Å². The second kappa shape index (κ2) is 9.54. The third kappa shape index (κ3) is 5.30. The van der Waals surface area contributed by atoms with E-state index in [0.717, 1.165) is 6.26 Å². The smallest absolute Gasteiger partial charge is 0.274 e. The van der Waals surface area contributed by atoms with Crippen molar-refractivity contribution in [3.8, 4) is 5.69 Å². The topological polar surface area (TPSA) is 106 Å². The summed E-state index contributed by atoms with van der Waals surface area (Å²) in [5.41, 5.74) is 3.31. The van der Waals surface area contributed by atoms with Crippen LogP contribution in [0.15, 0.2) is 83.8 Å². The van der Waals surface area contributed by atoms with Crippen LogP contribution in [0.25, 0.3) is 10.5 Å². The summed E-state index contributed by atoms with van der Waals surface area (Å²) in [6.45, 7) is 8.99. The highest BCUT2D eigenvalue weighted by Crippen LogP contribution is 2.26. The second-order valence-electron chi connectivity index (χ2n) is 8.04. The van der Waals surface area contributed by atoms with Crippen LogP contribution in [0.3, 0.4) is 0 Å². The number of carbonyl (C=O) groups excluding carboxylic acids is 1. The molecule has 1 unspecified atom stereocenters. The SMILES string of the molecule is [C-]#[N+]c1cccc(-n2nc(C)cc2C(=O)Nc2cccc(C(O)c3cccc(S(C)(=O)=O)c3)c2)c1. The molecule has 2 N–H and O–H groups in total. The summed E-state index contributed by atoms with van der Waals surface area (Å²) < 4.78 is 25.2. The van der Waals surface area contributed by atoms with Crippen molar-refractivity contribution in [2.24, 2.45) is 0 Å². The zero-order valence-electron chi connectivity index (χ0n) is 19.0. The Morgan fingerprint density at radius 2 is 1.71 bits per heavy atom. The van der Waals surface area contributed by atoms with Crippen LogP contribution in [-0.4, -0.2) is 35.5 Å². The lowest BCUT2D eigenvalue weighted by Crippen LogP contribution is -2.17. The van der Waals surface area contributed by atoms with Gasteiger partial charge in [0.1, 0.15) is 11.8 Å². The van der Waals surface area contributed by atoms with Gasteiger partial charge < -0.3 is 10.4 Å². The molecule has 0 bridgehead atoms. The number of sulfone groups is 1. The van der Waals surface area contributed by atoms with E-state index in [2.05, 4.69) is 15.3 Å². The summed E-state index contributed by atoms with van der Waals surface area (Å²) in [5.74, 6) is -0.412. The van der Waals surface area contributed by atoms with Gasteiger partial charge in [-0.15, -0.1) is 0 Å². The van der Waals surface area contributed by atoms with Crippen molar-refractivity contribution in [2.75, 3.05) is 11.6 Å². The first-order valence-corrected chi connectivity index (χ1v) is 12.5. The molecule has 0 radical (unpaired) electrons. The molecule has 176 valence electrons. The lowest BCUT2D eigenvalue weighted by molar-refractivity contribution is 0.101. The van der Waals surface area contributed by atoms with Crippen molar-refractivity contribution < 1.29 is 18.3 Å². The minimum Gasteiger partial charge on any atom is -0.384 e. The maximum Gasteiger partial charge on any atom is 0.274 e. The number of aliphatic hydroxyl groups is 1. The van der Waals surface area contributed by atoms with Gasteiger partial charge in [-0.3, -0.25) is 4.79 Å². The number of anilines is 1. The van der Waals surface area contributed by atoms with Gasteiger partial charge in [0.15, 0.2) is 15.5 Å². The number of nitrogens with zero attached hydrogens (tertiary/aromatic N) is 3. The zero-order valence-corrected chi connectivity index (χ0v) is 19.8. The quantitative estimate of drug-likeness (QED) is 0.391. The third-order valence-electron chi connectivity index (χ3n) is 5.33. The van der Waals surface area contributed by atoms with Crippen LogP contribution in [0.1, 0.15) is 33.4 Å². The second-order valence-corrected chi connectivity index (χ2v) is 10.1. The number of aryl methyl sites for hydroxylation is 1. The number of carbonyl (C=O) groups is 1. The molecule has 4 rings (SSSR count). The molecule has 0 saturated heterocycles. The zero-order chi connectivity index (χ0) is 25.2. The van der Waals surface area contributed by atoms with Gasteiger partial charge in [0, 0.05) is 11.9 Å². The molecular formula is C26H22N4O4S. The number of benzene rings is 3. The molecule has 1 atom stereocenters. The van der Waals surface area contributed by atoms with Crippen molar-refractivity contribution >= 4 is 27.1 Å². The van der Waals surface area contributed by atoms with Crippen LogP contribution in [-0.2, 0) is 9.84 Å². The van der Waals surface area contributed by atoms with E-state index >= 15 is 0 Å². The molecule has 0 aliphatic carbocycles. The summed E-state index contributed by atoms with van der Waals surface area (Å²) in [5, 5.41) is 18.1. The highest BCUT2D eigenvalue weighted by atomic mass is 32.2. The van der Waals surface area contributed by atoms with Crippen LogP contribution < -0.4 is 5.32 Å². The minimum atomic E-state index is -3.42. The molecule has 0 fully saturated rings. The highest BCUT2D eigenvalue weighted by molar-refractivity contribution is 7.90. The molecule has 0 aliphatic rings. The number of hydrogen-bond donors (Lipinski definition) is 2. The third-order valence-corrected chi connectivity index (χ3v) is 6.44. The van der Waals surface area contributed by atoms with Gasteiger partial charge in [0.2, 0.25) is 0 Å². The first-order chi connectivity index (χ1) is 16.7. The summed E-state index contributed by atoms with van der Waals surface area (Å²) in [7, 11) is -3.42. The monoisotopic (exact) mass is 486 g/mol. The molecule has 3 aromatic carbocycles. The Bertz CT molecular complexity index is 1570. The number of amides is 1.